The number of aryl methyl sites for hydroxylation is 2. The van der Waals surface area contributed by atoms with Gasteiger partial charge in [0, 0.05) is 5.56 Å². The molecule has 2 aromatic carbocycles. The quantitative estimate of drug-likeness (QED) is 0.794. The molecule has 5 nitrogen and oxygen atoms in total. The van der Waals surface area contributed by atoms with Crippen molar-refractivity contribution in [1.29, 1.82) is 0 Å². The van der Waals surface area contributed by atoms with Crippen molar-refractivity contribution in [3.63, 3.8) is 0 Å². The summed E-state index contributed by atoms with van der Waals surface area (Å²) in [6.45, 7) is 7.34. The molecule has 1 amide bonds. The minimum atomic E-state index is -4.07. The highest BCUT2D eigenvalue weighted by Gasteiger charge is 2.39. The molecule has 0 bridgehead atoms. The van der Waals surface area contributed by atoms with Gasteiger partial charge in [0.25, 0.3) is 10.0 Å². The van der Waals surface area contributed by atoms with Gasteiger partial charge in [-0.05, 0) is 43.7 Å². The number of carbonyl (C=O) groups is 1. The number of amides is 1. The Bertz CT molecular complexity index is 917. The van der Waals surface area contributed by atoms with Crippen LogP contribution >= 0.6 is 0 Å². The van der Waals surface area contributed by atoms with Gasteiger partial charge in [0.05, 0.1) is 10.6 Å². The molecule has 1 heterocycles. The van der Waals surface area contributed by atoms with Gasteiger partial charge in [-0.1, -0.05) is 36.4 Å². The maximum absolute atomic E-state index is 13.0. The fourth-order valence-corrected chi connectivity index (χ4v) is 3.95. The Morgan fingerprint density at radius 1 is 1.08 bits per heavy atom. The predicted molar refractivity (Wildman–Crippen MR) is 91.4 cm³/mol. The van der Waals surface area contributed by atoms with Crippen LogP contribution in [0, 0.1) is 13.8 Å². The van der Waals surface area contributed by atoms with Gasteiger partial charge >= 0.3 is 6.09 Å². The summed E-state index contributed by atoms with van der Waals surface area (Å²) < 4.78 is 31.9. The number of cyclic esters (lactones) is 1. The number of ether oxygens (including phenoxy) is 1. The molecule has 0 fully saturated rings. The van der Waals surface area contributed by atoms with Gasteiger partial charge in [-0.3, -0.25) is 0 Å². The first-order valence-electron chi connectivity index (χ1n) is 7.40. The van der Waals surface area contributed by atoms with E-state index in [1.165, 1.54) is 18.2 Å². The lowest BCUT2D eigenvalue weighted by Crippen LogP contribution is -2.41. The zero-order chi connectivity index (χ0) is 17.5. The molecule has 0 radical (unpaired) electrons. The van der Waals surface area contributed by atoms with Gasteiger partial charge in [-0.25, -0.2) is 13.2 Å². The molecule has 24 heavy (non-hydrogen) atoms. The van der Waals surface area contributed by atoms with Gasteiger partial charge in [0.15, 0.2) is 0 Å². The summed E-state index contributed by atoms with van der Waals surface area (Å²) >= 11 is 0. The summed E-state index contributed by atoms with van der Waals surface area (Å²) in [5.41, 5.74) is 2.66. The van der Waals surface area contributed by atoms with Gasteiger partial charge in [0.2, 0.25) is 0 Å². The van der Waals surface area contributed by atoms with E-state index in [4.69, 9.17) is 4.74 Å². The molecule has 0 saturated carbocycles. The number of carbonyl (C=O) groups excluding carboxylic acids is 1. The zero-order valence-electron chi connectivity index (χ0n) is 13.4. The van der Waals surface area contributed by atoms with Crippen molar-refractivity contribution < 1.29 is 17.9 Å². The molecule has 0 N–H and O–H groups in total. The van der Waals surface area contributed by atoms with Crippen LogP contribution in [0.25, 0.3) is 0 Å². The standard InChI is InChI=1S/C18H17NO4S/c1-4-17-15-10-7-13(3)11-16(15)19(18(20)23-17)24(21,22)14-8-5-12(2)6-9-14/h4-11,17H,1H2,2-3H3. The average molecular weight is 343 g/mol. The number of hydrogen-bond acceptors (Lipinski definition) is 4. The molecular formula is C18H17NO4S. The third kappa shape index (κ3) is 2.59. The van der Waals surface area contributed by atoms with Crippen LogP contribution in [0.2, 0.25) is 0 Å². The molecule has 0 aliphatic carbocycles. The van der Waals surface area contributed by atoms with E-state index in [1.807, 2.05) is 19.9 Å². The van der Waals surface area contributed by atoms with Gasteiger partial charge in [-0.2, -0.15) is 4.31 Å². The van der Waals surface area contributed by atoms with Crippen molar-refractivity contribution in [2.45, 2.75) is 24.8 Å². The van der Waals surface area contributed by atoms with Gasteiger partial charge in [0.1, 0.15) is 6.10 Å². The highest BCUT2D eigenvalue weighted by atomic mass is 32.2. The highest BCUT2D eigenvalue weighted by molar-refractivity contribution is 7.93. The molecule has 3 rings (SSSR count). The molecular weight excluding hydrogens is 326 g/mol. The fraction of sp³-hybridized carbons (Fsp3) is 0.167. The van der Waals surface area contributed by atoms with Crippen molar-refractivity contribution in [2.75, 3.05) is 4.31 Å². The Kier molecular flexibility index (Phi) is 3.93. The summed E-state index contributed by atoms with van der Waals surface area (Å²) in [6.07, 6.45) is -0.127. The monoisotopic (exact) mass is 343 g/mol. The number of nitrogens with zero attached hydrogens (tertiary/aromatic N) is 1. The molecule has 1 unspecified atom stereocenters. The maximum atomic E-state index is 13.0. The van der Waals surface area contributed by atoms with E-state index < -0.39 is 22.2 Å². The SMILES string of the molecule is C=CC1OC(=O)N(S(=O)(=O)c2ccc(C)cc2)c2cc(C)ccc21. The van der Waals surface area contributed by atoms with Crippen molar-refractivity contribution in [2.24, 2.45) is 0 Å². The second-order valence-corrected chi connectivity index (χ2v) is 7.47. The second-order valence-electron chi connectivity index (χ2n) is 5.68. The summed E-state index contributed by atoms with van der Waals surface area (Å²) in [5, 5.41) is 0. The van der Waals surface area contributed by atoms with Crippen molar-refractivity contribution >= 4 is 21.8 Å². The van der Waals surface area contributed by atoms with Gasteiger partial charge in [-0.15, -0.1) is 0 Å². The Labute approximate surface area is 141 Å². The van der Waals surface area contributed by atoms with E-state index in [1.54, 1.807) is 24.3 Å². The largest absolute Gasteiger partial charge is 0.436 e. The summed E-state index contributed by atoms with van der Waals surface area (Å²) in [7, 11) is -4.07. The molecule has 0 saturated heterocycles. The number of hydrogen-bond donors (Lipinski definition) is 0. The van der Waals surface area contributed by atoms with Crippen LogP contribution < -0.4 is 4.31 Å². The summed E-state index contributed by atoms with van der Waals surface area (Å²) in [6, 6.07) is 11.6. The van der Waals surface area contributed by atoms with Crippen LogP contribution in [0.1, 0.15) is 22.8 Å². The van der Waals surface area contributed by atoms with E-state index in [0.29, 0.717) is 11.3 Å². The van der Waals surface area contributed by atoms with Crippen LogP contribution in [0.3, 0.4) is 0 Å². The number of benzene rings is 2. The number of fused-ring (bicyclic) bond motifs is 1. The fourth-order valence-electron chi connectivity index (χ4n) is 2.61. The van der Waals surface area contributed by atoms with Crippen LogP contribution in [-0.4, -0.2) is 14.5 Å². The van der Waals surface area contributed by atoms with Crippen molar-refractivity contribution in [3.05, 3.63) is 71.8 Å². The Morgan fingerprint density at radius 2 is 1.71 bits per heavy atom. The third-order valence-corrected chi connectivity index (χ3v) is 5.57. The lowest BCUT2D eigenvalue weighted by atomic mass is 10.0. The lowest BCUT2D eigenvalue weighted by molar-refractivity contribution is 0.126. The molecule has 0 aromatic heterocycles. The topological polar surface area (TPSA) is 63.7 Å². The van der Waals surface area contributed by atoms with E-state index >= 15 is 0 Å². The molecule has 1 atom stereocenters. The molecule has 0 spiro atoms. The van der Waals surface area contributed by atoms with Crippen LogP contribution in [-0.2, 0) is 14.8 Å². The summed E-state index contributed by atoms with van der Waals surface area (Å²) in [4.78, 5) is 12.4. The maximum Gasteiger partial charge on any atom is 0.429 e. The first-order chi connectivity index (χ1) is 11.3. The average Bonchev–Trinajstić information content (AvgIpc) is 2.53. The first kappa shape index (κ1) is 16.3. The predicted octanol–water partition coefficient (Wildman–Crippen LogP) is 3.88. The van der Waals surface area contributed by atoms with E-state index in [0.717, 1.165) is 15.4 Å². The summed E-state index contributed by atoms with van der Waals surface area (Å²) in [5.74, 6) is 0. The van der Waals surface area contributed by atoms with Gasteiger partial charge < -0.3 is 4.74 Å². The first-order valence-corrected chi connectivity index (χ1v) is 8.84. The van der Waals surface area contributed by atoms with Crippen molar-refractivity contribution in [1.82, 2.24) is 0 Å². The minimum absolute atomic E-state index is 0.0366. The normalized spacial score (nSPS) is 17.2. The third-order valence-electron chi connectivity index (χ3n) is 3.88. The molecule has 124 valence electrons. The highest BCUT2D eigenvalue weighted by Crippen LogP contribution is 2.38. The molecule has 6 heteroatoms. The van der Waals surface area contributed by atoms with Crippen LogP contribution in [0.15, 0.2) is 60.0 Å². The van der Waals surface area contributed by atoms with Crippen LogP contribution in [0.4, 0.5) is 10.5 Å². The Morgan fingerprint density at radius 3 is 2.33 bits per heavy atom. The molecule has 1 aliphatic rings. The molecule has 2 aromatic rings. The Balaban J connectivity index is 2.20. The number of rotatable bonds is 3. The van der Waals surface area contributed by atoms with E-state index in [-0.39, 0.29) is 4.90 Å². The van der Waals surface area contributed by atoms with E-state index in [9.17, 15) is 13.2 Å². The number of anilines is 1. The second kappa shape index (κ2) is 5.79. The van der Waals surface area contributed by atoms with E-state index in [2.05, 4.69) is 6.58 Å². The smallest absolute Gasteiger partial charge is 0.429 e. The number of sulfonamides is 1. The molecule has 1 aliphatic heterocycles. The lowest BCUT2D eigenvalue weighted by Gasteiger charge is -2.32. The van der Waals surface area contributed by atoms with Crippen molar-refractivity contribution in [3.8, 4) is 0 Å². The minimum Gasteiger partial charge on any atom is -0.436 e. The Hall–Kier alpha value is -2.60. The van der Waals surface area contributed by atoms with Crippen LogP contribution in [0.5, 0.6) is 0 Å². The zero-order valence-corrected chi connectivity index (χ0v) is 14.2.